The van der Waals surface area contributed by atoms with E-state index < -0.39 is 0 Å². The van der Waals surface area contributed by atoms with Gasteiger partial charge in [-0.3, -0.25) is 4.79 Å². The number of nitrogens with one attached hydrogen (secondary N) is 1. The number of hydrogen-bond acceptors (Lipinski definition) is 6. The van der Waals surface area contributed by atoms with Crippen LogP contribution < -0.4 is 5.32 Å². The minimum atomic E-state index is -0.0957. The van der Waals surface area contributed by atoms with E-state index in [1.54, 1.807) is 24.3 Å². The molecule has 7 nitrogen and oxygen atoms in total. The molecule has 0 saturated carbocycles. The number of nitrogens with zero attached hydrogens (tertiary/aromatic N) is 4. The van der Waals surface area contributed by atoms with Gasteiger partial charge in [0, 0.05) is 23.3 Å². The van der Waals surface area contributed by atoms with E-state index >= 15 is 0 Å². The van der Waals surface area contributed by atoms with Crippen molar-refractivity contribution in [3.8, 4) is 17.1 Å². The Morgan fingerprint density at radius 3 is 2.70 bits per heavy atom. The summed E-state index contributed by atoms with van der Waals surface area (Å²) in [5.41, 5.74) is 2.83. The van der Waals surface area contributed by atoms with Crippen molar-refractivity contribution in [2.24, 2.45) is 0 Å². The molecule has 152 valence electrons. The maximum absolute atomic E-state index is 12.1. The van der Waals surface area contributed by atoms with Crippen molar-refractivity contribution in [1.29, 1.82) is 0 Å². The predicted octanol–water partition coefficient (Wildman–Crippen LogP) is 4.03. The Labute approximate surface area is 182 Å². The van der Waals surface area contributed by atoms with Crippen molar-refractivity contribution in [2.75, 3.05) is 12.3 Å². The molecule has 0 bridgehead atoms. The van der Waals surface area contributed by atoms with Gasteiger partial charge in [0.05, 0.1) is 17.6 Å². The van der Waals surface area contributed by atoms with Crippen LogP contribution in [0.2, 0.25) is 5.02 Å². The largest absolute Gasteiger partial charge is 0.411 e. The summed E-state index contributed by atoms with van der Waals surface area (Å²) in [5.74, 6) is 0.498. The number of thioether (sulfide) groups is 1. The van der Waals surface area contributed by atoms with E-state index in [4.69, 9.17) is 16.0 Å². The zero-order valence-corrected chi connectivity index (χ0v) is 17.4. The summed E-state index contributed by atoms with van der Waals surface area (Å²) in [6, 6.07) is 17.0. The zero-order valence-electron chi connectivity index (χ0n) is 15.9. The first-order chi connectivity index (χ1) is 14.7. The molecule has 0 aliphatic heterocycles. The second-order valence-electron chi connectivity index (χ2n) is 6.40. The van der Waals surface area contributed by atoms with Gasteiger partial charge in [0.2, 0.25) is 11.8 Å². The summed E-state index contributed by atoms with van der Waals surface area (Å²) in [4.78, 5) is 12.1. The third kappa shape index (κ3) is 5.28. The fraction of sp³-hybridized carbons (Fsp3) is 0.143. The van der Waals surface area contributed by atoms with Gasteiger partial charge in [0.25, 0.3) is 5.22 Å². The Bertz CT molecular complexity index is 1110. The Balaban J connectivity index is 1.21. The van der Waals surface area contributed by atoms with Crippen molar-refractivity contribution in [2.45, 2.75) is 11.6 Å². The van der Waals surface area contributed by atoms with Crippen LogP contribution in [-0.4, -0.2) is 38.2 Å². The van der Waals surface area contributed by atoms with Crippen LogP contribution >= 0.6 is 23.4 Å². The second kappa shape index (κ2) is 9.60. The van der Waals surface area contributed by atoms with Gasteiger partial charge in [-0.05, 0) is 48.4 Å². The first-order valence-electron chi connectivity index (χ1n) is 9.25. The highest BCUT2D eigenvalue weighted by Crippen LogP contribution is 2.24. The van der Waals surface area contributed by atoms with Crippen molar-refractivity contribution in [3.05, 3.63) is 77.6 Å². The molecule has 0 fully saturated rings. The fourth-order valence-electron chi connectivity index (χ4n) is 2.71. The van der Waals surface area contributed by atoms with Crippen LogP contribution in [0.4, 0.5) is 0 Å². The maximum Gasteiger partial charge on any atom is 0.277 e. The van der Waals surface area contributed by atoms with Gasteiger partial charge in [-0.15, -0.1) is 10.2 Å². The van der Waals surface area contributed by atoms with Crippen LogP contribution in [-0.2, 0) is 11.2 Å². The molecule has 30 heavy (non-hydrogen) atoms. The van der Waals surface area contributed by atoms with Gasteiger partial charge >= 0.3 is 0 Å². The molecule has 1 amide bonds. The summed E-state index contributed by atoms with van der Waals surface area (Å²) in [6.45, 7) is 0.528. The van der Waals surface area contributed by atoms with Gasteiger partial charge in [0.1, 0.15) is 0 Å². The summed E-state index contributed by atoms with van der Waals surface area (Å²) >= 11 is 7.08. The summed E-state index contributed by atoms with van der Waals surface area (Å²) in [6.07, 6.45) is 4.47. The van der Waals surface area contributed by atoms with Crippen molar-refractivity contribution in [1.82, 2.24) is 25.3 Å². The van der Waals surface area contributed by atoms with Crippen LogP contribution in [0.15, 0.2) is 76.6 Å². The van der Waals surface area contributed by atoms with Gasteiger partial charge in [-0.1, -0.05) is 41.6 Å². The first kappa shape index (κ1) is 20.2. The molecule has 2 heterocycles. The highest BCUT2D eigenvalue weighted by atomic mass is 35.5. The lowest BCUT2D eigenvalue weighted by Crippen LogP contribution is -2.27. The molecule has 4 rings (SSSR count). The second-order valence-corrected chi connectivity index (χ2v) is 7.76. The van der Waals surface area contributed by atoms with Crippen LogP contribution in [0.5, 0.6) is 0 Å². The van der Waals surface area contributed by atoms with E-state index in [1.165, 1.54) is 11.8 Å². The lowest BCUT2D eigenvalue weighted by molar-refractivity contribution is -0.118. The number of aromatic nitrogens is 4. The number of halogens is 1. The van der Waals surface area contributed by atoms with Crippen LogP contribution in [0.25, 0.3) is 17.1 Å². The minimum Gasteiger partial charge on any atom is -0.411 e. The van der Waals surface area contributed by atoms with Gasteiger partial charge in [0.15, 0.2) is 0 Å². The predicted molar refractivity (Wildman–Crippen MR) is 116 cm³/mol. The zero-order chi connectivity index (χ0) is 20.8. The molecule has 0 saturated heterocycles. The average molecular weight is 440 g/mol. The number of rotatable bonds is 8. The van der Waals surface area contributed by atoms with Gasteiger partial charge in [-0.25, -0.2) is 4.68 Å². The van der Waals surface area contributed by atoms with E-state index in [0.29, 0.717) is 29.1 Å². The Morgan fingerprint density at radius 1 is 1.10 bits per heavy atom. The standard InChI is InChI=1S/C21H18ClN5O2S/c22-17-8-6-16(7-9-17)20-25-26-21(29-20)30-14-19(28)23-11-10-15-12-24-27(13-15)18-4-2-1-3-5-18/h1-9,12-13H,10-11,14H2,(H,23,28). The van der Waals surface area contributed by atoms with Crippen molar-refractivity contribution in [3.63, 3.8) is 0 Å². The number of hydrogen-bond donors (Lipinski definition) is 1. The van der Waals surface area contributed by atoms with Crippen LogP contribution in [0.1, 0.15) is 5.56 Å². The molecule has 0 atom stereocenters. The van der Waals surface area contributed by atoms with E-state index in [1.807, 2.05) is 47.4 Å². The van der Waals surface area contributed by atoms with Crippen molar-refractivity contribution < 1.29 is 9.21 Å². The molecule has 0 unspecified atom stereocenters. The Kier molecular flexibility index (Phi) is 6.46. The molecule has 0 radical (unpaired) electrons. The highest BCUT2D eigenvalue weighted by Gasteiger charge is 2.11. The molecular weight excluding hydrogens is 422 g/mol. The number of carbonyl (C=O) groups excluding carboxylic acids is 1. The monoisotopic (exact) mass is 439 g/mol. The summed E-state index contributed by atoms with van der Waals surface area (Å²) in [5, 5.41) is 16.2. The van der Waals surface area contributed by atoms with Crippen molar-refractivity contribution >= 4 is 29.3 Å². The number of benzene rings is 2. The lowest BCUT2D eigenvalue weighted by Gasteiger charge is -2.02. The highest BCUT2D eigenvalue weighted by molar-refractivity contribution is 7.99. The minimum absolute atomic E-state index is 0.0957. The van der Waals surface area contributed by atoms with E-state index in [9.17, 15) is 4.79 Å². The molecule has 4 aromatic rings. The lowest BCUT2D eigenvalue weighted by atomic mass is 10.2. The van der Waals surface area contributed by atoms with E-state index in [2.05, 4.69) is 20.6 Å². The normalized spacial score (nSPS) is 10.8. The number of amides is 1. The number of carbonyl (C=O) groups is 1. The Hall–Kier alpha value is -3.10. The number of para-hydroxylation sites is 1. The molecule has 2 aromatic carbocycles. The third-order valence-corrected chi connectivity index (χ3v) is 5.29. The fourth-order valence-corrected chi connectivity index (χ4v) is 3.43. The van der Waals surface area contributed by atoms with Crippen LogP contribution in [0.3, 0.4) is 0 Å². The molecule has 0 aliphatic carbocycles. The molecule has 1 N–H and O–H groups in total. The topological polar surface area (TPSA) is 85.8 Å². The molecule has 2 aromatic heterocycles. The quantitative estimate of drug-likeness (QED) is 0.417. The van der Waals surface area contributed by atoms with Gasteiger partial charge < -0.3 is 9.73 Å². The molecular formula is C21H18ClN5O2S. The molecule has 0 spiro atoms. The van der Waals surface area contributed by atoms with Crippen LogP contribution in [0, 0.1) is 0 Å². The van der Waals surface area contributed by atoms with E-state index in [0.717, 1.165) is 16.8 Å². The van der Waals surface area contributed by atoms with E-state index in [-0.39, 0.29) is 11.7 Å². The third-order valence-electron chi connectivity index (χ3n) is 4.22. The molecule has 9 heteroatoms. The van der Waals surface area contributed by atoms with Gasteiger partial charge in [-0.2, -0.15) is 5.10 Å². The smallest absolute Gasteiger partial charge is 0.277 e. The first-order valence-corrected chi connectivity index (χ1v) is 10.6. The maximum atomic E-state index is 12.1. The SMILES string of the molecule is O=C(CSc1nnc(-c2ccc(Cl)cc2)o1)NCCc1cnn(-c2ccccc2)c1. The summed E-state index contributed by atoms with van der Waals surface area (Å²) in [7, 11) is 0. The average Bonchev–Trinajstić information content (AvgIpc) is 3.43. The Morgan fingerprint density at radius 2 is 1.90 bits per heavy atom. The summed E-state index contributed by atoms with van der Waals surface area (Å²) < 4.78 is 7.41. The molecule has 0 aliphatic rings.